The molecule has 0 aromatic carbocycles. The first-order valence-electron chi connectivity index (χ1n) is 4.96. The Bertz CT molecular complexity index is 127. The average molecular weight is 170 g/mol. The predicted octanol–water partition coefficient (Wildman–Crippen LogP) is 3.55. The fourth-order valence-corrected chi connectivity index (χ4v) is 0.978. The van der Waals surface area contributed by atoms with E-state index in [0.29, 0.717) is 6.10 Å². The fourth-order valence-electron chi connectivity index (χ4n) is 0.978. The molecule has 1 nitrogen and oxygen atoms in total. The number of ether oxygens (including phenoxy) is 1. The van der Waals surface area contributed by atoms with Crippen molar-refractivity contribution in [3.8, 4) is 0 Å². The summed E-state index contributed by atoms with van der Waals surface area (Å²) in [6.07, 6.45) is 6.15. The van der Waals surface area contributed by atoms with Gasteiger partial charge in [-0.25, -0.2) is 0 Å². The van der Waals surface area contributed by atoms with Gasteiger partial charge in [-0.1, -0.05) is 25.8 Å². The number of hydrogen-bond donors (Lipinski definition) is 0. The van der Waals surface area contributed by atoms with Crippen LogP contribution in [0.4, 0.5) is 0 Å². The van der Waals surface area contributed by atoms with E-state index >= 15 is 0 Å². The van der Waals surface area contributed by atoms with Crippen LogP contribution >= 0.6 is 0 Å². The Kier molecular flexibility index (Phi) is 7.17. The monoisotopic (exact) mass is 170 g/mol. The molecular weight excluding hydrogens is 148 g/mol. The highest BCUT2D eigenvalue weighted by Gasteiger charge is 2.01. The van der Waals surface area contributed by atoms with Gasteiger partial charge in [-0.2, -0.15) is 0 Å². The van der Waals surface area contributed by atoms with E-state index in [1.165, 1.54) is 24.8 Å². The Labute approximate surface area is 76.8 Å². The first kappa shape index (κ1) is 11.7. The second-order valence-corrected chi connectivity index (χ2v) is 3.25. The molecule has 0 aliphatic rings. The second kappa shape index (κ2) is 7.35. The minimum absolute atomic E-state index is 0.298. The highest BCUT2D eigenvalue weighted by atomic mass is 16.5. The van der Waals surface area contributed by atoms with Gasteiger partial charge in [-0.15, -0.1) is 0 Å². The topological polar surface area (TPSA) is 9.23 Å². The highest BCUT2D eigenvalue weighted by Crippen LogP contribution is 2.06. The van der Waals surface area contributed by atoms with Crippen LogP contribution in [-0.2, 0) is 4.74 Å². The van der Waals surface area contributed by atoms with E-state index in [1.54, 1.807) is 0 Å². The third-order valence-corrected chi connectivity index (χ3v) is 2.21. The third kappa shape index (κ3) is 5.36. The molecule has 0 heterocycles. The van der Waals surface area contributed by atoms with Crippen LogP contribution in [0, 0.1) is 0 Å². The van der Waals surface area contributed by atoms with E-state index in [4.69, 9.17) is 4.74 Å². The van der Waals surface area contributed by atoms with Gasteiger partial charge >= 0.3 is 0 Å². The Morgan fingerprint density at radius 1 is 1.42 bits per heavy atom. The molecule has 0 saturated carbocycles. The van der Waals surface area contributed by atoms with Crippen LogP contribution in [0.1, 0.15) is 47.0 Å². The van der Waals surface area contributed by atoms with Gasteiger partial charge in [0.15, 0.2) is 0 Å². The van der Waals surface area contributed by atoms with Crippen molar-refractivity contribution < 1.29 is 4.74 Å². The van der Waals surface area contributed by atoms with Crippen LogP contribution in [0.2, 0.25) is 0 Å². The van der Waals surface area contributed by atoms with Gasteiger partial charge < -0.3 is 4.74 Å². The van der Waals surface area contributed by atoms with Crippen LogP contribution < -0.4 is 0 Å². The molecule has 0 radical (unpaired) electrons. The molecule has 0 aromatic heterocycles. The zero-order valence-corrected chi connectivity index (χ0v) is 8.89. The molecule has 0 aromatic rings. The Balaban J connectivity index is 3.37. The molecule has 0 amide bonds. The van der Waals surface area contributed by atoms with E-state index in [-0.39, 0.29) is 0 Å². The molecule has 0 fully saturated rings. The van der Waals surface area contributed by atoms with Crippen molar-refractivity contribution >= 4 is 0 Å². The summed E-state index contributed by atoms with van der Waals surface area (Å²) in [5.74, 6) is 0. The number of allylic oxidation sites excluding steroid dienone is 1. The van der Waals surface area contributed by atoms with Crippen molar-refractivity contribution in [1.29, 1.82) is 0 Å². The zero-order valence-electron chi connectivity index (χ0n) is 8.89. The molecule has 0 aliphatic carbocycles. The molecule has 0 spiro atoms. The number of hydrogen-bond acceptors (Lipinski definition) is 1. The van der Waals surface area contributed by atoms with Crippen LogP contribution in [0.5, 0.6) is 0 Å². The van der Waals surface area contributed by atoms with Gasteiger partial charge in [-0.05, 0) is 32.8 Å². The van der Waals surface area contributed by atoms with E-state index in [9.17, 15) is 0 Å². The lowest BCUT2D eigenvalue weighted by atomic mass is 10.2. The summed E-state index contributed by atoms with van der Waals surface area (Å²) in [6, 6.07) is 0. The third-order valence-electron chi connectivity index (χ3n) is 2.21. The second-order valence-electron chi connectivity index (χ2n) is 3.25. The molecule has 0 saturated heterocycles. The molecule has 72 valence electrons. The summed E-state index contributed by atoms with van der Waals surface area (Å²) >= 11 is 0. The summed E-state index contributed by atoms with van der Waals surface area (Å²) in [7, 11) is 0. The summed E-state index contributed by atoms with van der Waals surface area (Å²) in [5.41, 5.74) is 1.33. The predicted molar refractivity (Wildman–Crippen MR) is 54.4 cm³/mol. The Hall–Kier alpha value is -0.300. The smallest absolute Gasteiger partial charge is 0.0754 e. The average Bonchev–Trinajstić information content (AvgIpc) is 2.10. The SMILES string of the molecule is CC=C(C)C(C)OCCCCC. The first-order valence-corrected chi connectivity index (χ1v) is 4.96. The molecule has 1 atom stereocenters. The van der Waals surface area contributed by atoms with Gasteiger partial charge in [0.25, 0.3) is 0 Å². The summed E-state index contributed by atoms with van der Waals surface area (Å²) < 4.78 is 5.63. The normalized spacial score (nSPS) is 14.8. The maximum absolute atomic E-state index is 5.63. The maximum Gasteiger partial charge on any atom is 0.0754 e. The lowest BCUT2D eigenvalue weighted by Gasteiger charge is -2.12. The van der Waals surface area contributed by atoms with Crippen LogP contribution in [0.15, 0.2) is 11.6 Å². The Morgan fingerprint density at radius 3 is 2.58 bits per heavy atom. The lowest BCUT2D eigenvalue weighted by molar-refractivity contribution is 0.0866. The summed E-state index contributed by atoms with van der Waals surface area (Å²) in [6.45, 7) is 9.40. The van der Waals surface area contributed by atoms with Crippen molar-refractivity contribution in [2.45, 2.75) is 53.1 Å². The van der Waals surface area contributed by atoms with Gasteiger partial charge in [-0.3, -0.25) is 0 Å². The quantitative estimate of drug-likeness (QED) is 0.437. The van der Waals surface area contributed by atoms with Gasteiger partial charge in [0, 0.05) is 6.61 Å². The van der Waals surface area contributed by atoms with Gasteiger partial charge in [0.05, 0.1) is 6.10 Å². The van der Waals surface area contributed by atoms with Crippen molar-refractivity contribution in [1.82, 2.24) is 0 Å². The Morgan fingerprint density at radius 2 is 2.08 bits per heavy atom. The molecule has 12 heavy (non-hydrogen) atoms. The number of rotatable bonds is 6. The van der Waals surface area contributed by atoms with E-state index < -0.39 is 0 Å². The molecule has 0 bridgehead atoms. The summed E-state index contributed by atoms with van der Waals surface area (Å²) in [5, 5.41) is 0. The largest absolute Gasteiger partial charge is 0.374 e. The minimum atomic E-state index is 0.298. The summed E-state index contributed by atoms with van der Waals surface area (Å²) in [4.78, 5) is 0. The fraction of sp³-hybridized carbons (Fsp3) is 0.818. The van der Waals surface area contributed by atoms with Crippen molar-refractivity contribution in [2.24, 2.45) is 0 Å². The van der Waals surface area contributed by atoms with Gasteiger partial charge in [0.2, 0.25) is 0 Å². The standard InChI is InChI=1S/C11H22O/c1-5-7-8-9-12-11(4)10(3)6-2/h6,11H,5,7-9H2,1-4H3. The molecule has 1 heteroatoms. The first-order chi connectivity index (χ1) is 5.72. The van der Waals surface area contributed by atoms with Crippen LogP contribution in [0.25, 0.3) is 0 Å². The van der Waals surface area contributed by atoms with Crippen molar-refractivity contribution in [3.63, 3.8) is 0 Å². The van der Waals surface area contributed by atoms with E-state index in [0.717, 1.165) is 6.61 Å². The van der Waals surface area contributed by atoms with Crippen molar-refractivity contribution in [3.05, 3.63) is 11.6 Å². The molecule has 0 rings (SSSR count). The zero-order chi connectivity index (χ0) is 9.40. The van der Waals surface area contributed by atoms with Crippen LogP contribution in [0.3, 0.4) is 0 Å². The van der Waals surface area contributed by atoms with E-state index in [1.807, 2.05) is 0 Å². The van der Waals surface area contributed by atoms with Gasteiger partial charge in [0.1, 0.15) is 0 Å². The molecule has 0 N–H and O–H groups in total. The lowest BCUT2D eigenvalue weighted by Crippen LogP contribution is -2.10. The van der Waals surface area contributed by atoms with Crippen LogP contribution in [-0.4, -0.2) is 12.7 Å². The molecule has 1 unspecified atom stereocenters. The highest BCUT2D eigenvalue weighted by molar-refractivity contribution is 5.01. The van der Waals surface area contributed by atoms with Crippen molar-refractivity contribution in [2.75, 3.05) is 6.61 Å². The number of unbranched alkanes of at least 4 members (excludes halogenated alkanes) is 2. The molecular formula is C11H22O. The van der Waals surface area contributed by atoms with E-state index in [2.05, 4.69) is 33.8 Å². The minimum Gasteiger partial charge on any atom is -0.374 e. The molecule has 0 aliphatic heterocycles. The maximum atomic E-state index is 5.63.